The molecule has 1 saturated heterocycles. The smallest absolute Gasteiger partial charge is 0.356 e. The van der Waals surface area contributed by atoms with Crippen LogP contribution < -0.4 is 5.73 Å². The first-order valence-corrected chi connectivity index (χ1v) is 15.1. The van der Waals surface area contributed by atoms with Gasteiger partial charge in [-0.3, -0.25) is 14.5 Å². The lowest BCUT2D eigenvalue weighted by molar-refractivity contribution is -0.185. The molecule has 2 amide bonds. The maximum atomic E-state index is 14.1. The van der Waals surface area contributed by atoms with Crippen LogP contribution in [-0.2, 0) is 30.9 Å². The summed E-state index contributed by atoms with van der Waals surface area (Å²) in [6.45, 7) is 0. The van der Waals surface area contributed by atoms with Crippen LogP contribution >= 0.6 is 39.5 Å². The molecule has 0 spiro atoms. The number of aromatic nitrogens is 4. The minimum Gasteiger partial charge on any atom is -0.448 e. The zero-order chi connectivity index (χ0) is 28.4. The molecule has 14 heteroatoms. The topological polar surface area (TPSA) is 143 Å². The number of carbonyl (C=O) groups excluding carboxylic acids is 3. The van der Waals surface area contributed by atoms with Crippen LogP contribution in [0.1, 0.15) is 17.2 Å². The average Bonchev–Trinajstić information content (AvgIpc) is 3.39. The quantitative estimate of drug-likeness (QED) is 0.151. The molecule has 3 atom stereocenters. The van der Waals surface area contributed by atoms with Gasteiger partial charge in [-0.25, -0.2) is 9.48 Å². The fraction of sp³-hybridized carbons (Fsp3) is 0.308. The molecule has 40 heavy (non-hydrogen) atoms. The van der Waals surface area contributed by atoms with Crippen molar-refractivity contribution in [2.45, 2.75) is 27.1 Å². The van der Waals surface area contributed by atoms with E-state index in [-0.39, 0.29) is 5.70 Å². The number of aryl methyl sites for hydroxylation is 1. The van der Waals surface area contributed by atoms with Gasteiger partial charge in [-0.2, -0.15) is 0 Å². The third-order valence-corrected chi connectivity index (χ3v) is 10.3. The number of hydrogen-bond donors (Lipinski definition) is 1. The summed E-state index contributed by atoms with van der Waals surface area (Å²) in [5.41, 5.74) is 6.33. The first-order chi connectivity index (χ1) is 19.3. The molecule has 2 aliphatic heterocycles. The van der Waals surface area contributed by atoms with Crippen molar-refractivity contribution < 1.29 is 23.9 Å². The molecule has 0 saturated carbocycles. The van der Waals surface area contributed by atoms with E-state index in [0.29, 0.717) is 22.2 Å². The molecule has 3 heterocycles. The molecule has 11 nitrogen and oxygen atoms in total. The van der Waals surface area contributed by atoms with Crippen molar-refractivity contribution in [3.05, 3.63) is 83.1 Å². The molecule has 2 N–H and O–H groups in total. The van der Waals surface area contributed by atoms with Crippen LogP contribution in [0.15, 0.2) is 77.1 Å². The summed E-state index contributed by atoms with van der Waals surface area (Å²) >= 11 is 5.97. The largest absolute Gasteiger partial charge is 0.448 e. The van der Waals surface area contributed by atoms with E-state index in [0.717, 1.165) is 11.1 Å². The fourth-order valence-corrected chi connectivity index (χ4v) is 8.02. The molecular weight excluding hydrogens is 620 g/mol. The minimum atomic E-state index is -1.56. The van der Waals surface area contributed by atoms with Gasteiger partial charge in [0.25, 0.3) is 5.91 Å². The Kier molecular flexibility index (Phi) is 8.31. The Morgan fingerprint density at radius 3 is 2.33 bits per heavy atom. The number of carbonyl (C=O) groups is 3. The first kappa shape index (κ1) is 28.3. The van der Waals surface area contributed by atoms with E-state index in [4.69, 9.17) is 15.2 Å². The molecule has 0 bridgehead atoms. The second-order valence-electron chi connectivity index (χ2n) is 9.03. The van der Waals surface area contributed by atoms with Crippen LogP contribution in [-0.4, -0.2) is 77.3 Å². The highest BCUT2D eigenvalue weighted by Gasteiger charge is 2.69. The lowest BCUT2D eigenvalue weighted by atomic mass is 9.86. The number of benzene rings is 2. The lowest BCUT2D eigenvalue weighted by Gasteiger charge is -2.57. The summed E-state index contributed by atoms with van der Waals surface area (Å²) in [4.78, 5) is 40.2. The molecule has 1 fully saturated rings. The zero-order valence-electron chi connectivity index (χ0n) is 21.5. The highest BCUT2D eigenvalue weighted by Crippen LogP contribution is 2.51. The number of thioether (sulfide) groups is 2. The van der Waals surface area contributed by atoms with E-state index in [9.17, 15) is 14.4 Å². The maximum Gasteiger partial charge on any atom is 0.356 e. The van der Waals surface area contributed by atoms with Crippen LogP contribution in [0.5, 0.6) is 0 Å². The van der Waals surface area contributed by atoms with Crippen molar-refractivity contribution in [1.82, 2.24) is 25.1 Å². The first-order valence-electron chi connectivity index (χ1n) is 12.1. The number of halogens is 1. The molecular formula is C26H25BrN6O5S2. The number of methoxy groups -OCH3 is 1. The molecule has 2 aromatic carbocycles. The highest BCUT2D eigenvalue weighted by molar-refractivity contribution is 9.10. The number of rotatable bonds is 10. The Morgan fingerprint density at radius 1 is 1.18 bits per heavy atom. The predicted molar refractivity (Wildman–Crippen MR) is 152 cm³/mol. The van der Waals surface area contributed by atoms with Crippen LogP contribution in [0.25, 0.3) is 0 Å². The Hall–Kier alpha value is -3.20. The molecule has 0 radical (unpaired) electrons. The SMILES string of the molecule is COC1(C(Br)C(N)=O)C(=O)N2C(C(=O)OC(c3ccccc3)c3ccccc3)=C(CSc3nnnn3C)CSC21. The standard InChI is InChI=1S/C26H25BrN6O5S2/c1-32-25(29-30-31-32)40-14-17-13-39-24-26(37-2,20(27)21(28)34)23(36)33(24)18(17)22(35)38-19(15-9-5-3-6-10-15)16-11-7-4-8-12-16/h3-12,19-20,24H,13-14H2,1-2H3,(H2,28,34). The number of fused-ring (bicyclic) bond motifs is 1. The summed E-state index contributed by atoms with van der Waals surface area (Å²) in [6, 6.07) is 18.8. The molecule has 2 aliphatic rings. The summed E-state index contributed by atoms with van der Waals surface area (Å²) in [7, 11) is 3.07. The average molecular weight is 646 g/mol. The van der Waals surface area contributed by atoms with Crippen molar-refractivity contribution >= 4 is 57.2 Å². The molecule has 208 valence electrons. The Bertz CT molecular complexity index is 1420. The second kappa shape index (κ2) is 11.7. The van der Waals surface area contributed by atoms with Crippen LogP contribution in [0, 0.1) is 0 Å². The van der Waals surface area contributed by atoms with Gasteiger partial charge in [0, 0.05) is 25.7 Å². The molecule has 3 aromatic rings. The lowest BCUT2D eigenvalue weighted by Crippen LogP contribution is -2.79. The van der Waals surface area contributed by atoms with Gasteiger partial charge in [0.1, 0.15) is 15.9 Å². The number of hydrogen-bond acceptors (Lipinski definition) is 10. The maximum absolute atomic E-state index is 14.1. The molecule has 1 aromatic heterocycles. The third-order valence-electron chi connectivity index (χ3n) is 6.69. The number of β-lactam (4-membered cyclic amide) rings is 1. The van der Waals surface area contributed by atoms with Crippen LogP contribution in [0.2, 0.25) is 0 Å². The van der Waals surface area contributed by atoms with Crippen LogP contribution in [0.3, 0.4) is 0 Å². The predicted octanol–water partition coefficient (Wildman–Crippen LogP) is 2.44. The Labute approximate surface area is 246 Å². The van der Waals surface area contributed by atoms with Crippen molar-refractivity contribution in [3.8, 4) is 0 Å². The van der Waals surface area contributed by atoms with Crippen LogP contribution in [0.4, 0.5) is 0 Å². The van der Waals surface area contributed by atoms with E-state index in [2.05, 4.69) is 31.5 Å². The molecule has 5 rings (SSSR count). The van der Waals surface area contributed by atoms with Crippen molar-refractivity contribution in [2.24, 2.45) is 12.8 Å². The number of alkyl halides is 1. The van der Waals surface area contributed by atoms with E-state index in [1.54, 1.807) is 7.05 Å². The van der Waals surface area contributed by atoms with Gasteiger partial charge >= 0.3 is 5.97 Å². The third kappa shape index (κ3) is 4.93. The fourth-order valence-electron chi connectivity index (χ4n) is 4.69. The van der Waals surface area contributed by atoms with Gasteiger partial charge in [-0.1, -0.05) is 88.4 Å². The number of esters is 1. The zero-order valence-corrected chi connectivity index (χ0v) is 24.7. The number of amides is 2. The molecule has 0 aliphatic carbocycles. The van der Waals surface area contributed by atoms with Gasteiger partial charge < -0.3 is 15.2 Å². The van der Waals surface area contributed by atoms with Gasteiger partial charge in [0.15, 0.2) is 11.7 Å². The van der Waals surface area contributed by atoms with Crippen molar-refractivity contribution in [3.63, 3.8) is 0 Å². The van der Waals surface area contributed by atoms with Gasteiger partial charge in [0.2, 0.25) is 11.1 Å². The summed E-state index contributed by atoms with van der Waals surface area (Å²) in [6.07, 6.45) is -0.717. The van der Waals surface area contributed by atoms with E-state index >= 15 is 0 Å². The van der Waals surface area contributed by atoms with Gasteiger partial charge in [0.05, 0.1) is 0 Å². The van der Waals surface area contributed by atoms with Gasteiger partial charge in [-0.05, 0) is 27.1 Å². The monoisotopic (exact) mass is 644 g/mol. The van der Waals surface area contributed by atoms with Crippen molar-refractivity contribution in [2.75, 3.05) is 18.6 Å². The normalized spacial score (nSPS) is 21.1. The second-order valence-corrected chi connectivity index (χ2v) is 12.0. The number of primary amides is 1. The van der Waals surface area contributed by atoms with Crippen molar-refractivity contribution in [1.29, 1.82) is 0 Å². The number of nitrogens with zero attached hydrogens (tertiary/aromatic N) is 5. The van der Waals surface area contributed by atoms with Gasteiger partial charge in [-0.15, -0.1) is 16.9 Å². The summed E-state index contributed by atoms with van der Waals surface area (Å²) in [5, 5.41) is 11.4. The number of ether oxygens (including phenoxy) is 2. The van der Waals surface area contributed by atoms with E-state index < -0.39 is 39.7 Å². The highest BCUT2D eigenvalue weighted by atomic mass is 79.9. The van der Waals surface area contributed by atoms with E-state index in [1.165, 1.54) is 40.2 Å². The molecule has 3 unspecified atom stereocenters. The number of nitrogens with two attached hydrogens (primary N) is 1. The summed E-state index contributed by atoms with van der Waals surface area (Å²) < 4.78 is 13.3. The Balaban J connectivity index is 1.53. The Morgan fingerprint density at radius 2 is 1.80 bits per heavy atom. The van der Waals surface area contributed by atoms with E-state index in [1.807, 2.05) is 60.7 Å². The minimum absolute atomic E-state index is 0.116. The number of tetrazole rings is 1. The summed E-state index contributed by atoms with van der Waals surface area (Å²) in [5.74, 6) is -1.26.